The molecule has 0 unspecified atom stereocenters. The topological polar surface area (TPSA) is 88.8 Å². The number of aromatic nitrogens is 2. The van der Waals surface area contributed by atoms with Gasteiger partial charge in [0.2, 0.25) is 17.7 Å². The summed E-state index contributed by atoms with van der Waals surface area (Å²) in [6.07, 6.45) is 3.56. The summed E-state index contributed by atoms with van der Waals surface area (Å²) in [4.78, 5) is 33.9. The lowest BCUT2D eigenvalue weighted by atomic mass is 9.76. The lowest BCUT2D eigenvalue weighted by molar-refractivity contribution is -0.143. The van der Waals surface area contributed by atoms with Gasteiger partial charge in [0.25, 0.3) is 0 Å². The quantitative estimate of drug-likeness (QED) is 0.735. The molecule has 8 heteroatoms. The van der Waals surface area contributed by atoms with Crippen molar-refractivity contribution >= 4 is 11.8 Å². The maximum atomic E-state index is 13.2. The van der Waals surface area contributed by atoms with E-state index < -0.39 is 17.4 Å². The Morgan fingerprint density at radius 3 is 2.81 bits per heavy atom. The Balaban J connectivity index is 1.54. The van der Waals surface area contributed by atoms with Crippen molar-refractivity contribution in [3.63, 3.8) is 0 Å². The first-order valence-corrected chi connectivity index (χ1v) is 9.30. The van der Waals surface area contributed by atoms with Gasteiger partial charge in [0.1, 0.15) is 5.60 Å². The number of carbonyl (C=O) groups excluding carboxylic acids is 2. The summed E-state index contributed by atoms with van der Waals surface area (Å²) in [6, 6.07) is 0. The van der Waals surface area contributed by atoms with E-state index in [0.717, 1.165) is 0 Å². The number of aryl methyl sites for hydroxylation is 1. The average Bonchev–Trinajstić information content (AvgIpc) is 3.28. The van der Waals surface area contributed by atoms with Gasteiger partial charge in [0.05, 0.1) is 31.0 Å². The van der Waals surface area contributed by atoms with Crippen LogP contribution in [0.4, 0.5) is 0 Å². The molecule has 8 nitrogen and oxygen atoms in total. The van der Waals surface area contributed by atoms with E-state index in [-0.39, 0.29) is 29.9 Å². The van der Waals surface area contributed by atoms with Crippen LogP contribution in [0, 0.1) is 24.2 Å². The molecule has 0 aromatic carbocycles. The Bertz CT molecular complexity index is 811. The molecular weight excluding hydrogens is 348 g/mol. The lowest BCUT2D eigenvalue weighted by Crippen LogP contribution is -2.45. The van der Waals surface area contributed by atoms with Gasteiger partial charge in [-0.2, -0.15) is 4.98 Å². The first kappa shape index (κ1) is 18.2. The summed E-state index contributed by atoms with van der Waals surface area (Å²) in [5.74, 6) is -0.171. The van der Waals surface area contributed by atoms with Crippen molar-refractivity contribution in [3.05, 3.63) is 23.9 Å². The smallest absolute Gasteiger partial charge is 0.230 e. The summed E-state index contributed by atoms with van der Waals surface area (Å²) < 4.78 is 11.1. The number of amides is 2. The predicted octanol–water partition coefficient (Wildman–Crippen LogP) is 1.16. The molecule has 4 rings (SSSR count). The lowest BCUT2D eigenvalue weighted by Gasteiger charge is -2.29. The van der Waals surface area contributed by atoms with E-state index in [1.165, 1.54) is 0 Å². The molecule has 0 aliphatic carbocycles. The van der Waals surface area contributed by atoms with Gasteiger partial charge in [-0.05, 0) is 5.41 Å². The van der Waals surface area contributed by atoms with Crippen LogP contribution >= 0.6 is 0 Å². The third kappa shape index (κ3) is 2.96. The normalized spacial score (nSPS) is 31.7. The van der Waals surface area contributed by atoms with E-state index in [1.54, 1.807) is 18.9 Å². The highest BCUT2D eigenvalue weighted by atomic mass is 16.5. The Morgan fingerprint density at radius 2 is 2.19 bits per heavy atom. The van der Waals surface area contributed by atoms with Gasteiger partial charge in [-0.15, -0.1) is 0 Å². The number of rotatable bonds is 4. The summed E-state index contributed by atoms with van der Waals surface area (Å²) in [5.41, 5.74) is -0.684. The second-order valence-corrected chi connectivity index (χ2v) is 9.08. The van der Waals surface area contributed by atoms with Crippen molar-refractivity contribution in [2.75, 3.05) is 20.1 Å². The molecule has 1 aromatic heterocycles. The van der Waals surface area contributed by atoms with Crippen molar-refractivity contribution in [2.24, 2.45) is 17.3 Å². The minimum absolute atomic E-state index is 0.0129. The Labute approximate surface area is 158 Å². The monoisotopic (exact) mass is 374 g/mol. The average molecular weight is 374 g/mol. The van der Waals surface area contributed by atoms with E-state index in [4.69, 9.17) is 9.26 Å². The van der Waals surface area contributed by atoms with Crippen LogP contribution in [0.5, 0.6) is 0 Å². The highest BCUT2D eigenvalue weighted by Gasteiger charge is 2.67. The second kappa shape index (κ2) is 5.89. The van der Waals surface area contributed by atoms with E-state index >= 15 is 0 Å². The fraction of sp³-hybridized carbons (Fsp3) is 0.684. The van der Waals surface area contributed by atoms with Gasteiger partial charge >= 0.3 is 0 Å². The van der Waals surface area contributed by atoms with Gasteiger partial charge < -0.3 is 19.1 Å². The molecular formula is C19H26N4O4. The maximum absolute atomic E-state index is 13.2. The SMILES string of the molecule is Cc1nc(CN(C)C(=O)[C@@H]2[C@@H]3C=C[C@@]4(CN(CC(C)(C)C)C(=O)[C@H]24)O3)no1. The molecule has 1 spiro atoms. The maximum Gasteiger partial charge on any atom is 0.230 e. The van der Waals surface area contributed by atoms with Crippen LogP contribution in [0.15, 0.2) is 16.7 Å². The third-order valence-electron chi connectivity index (χ3n) is 5.45. The molecule has 3 aliphatic heterocycles. The molecule has 1 aromatic rings. The number of likely N-dealkylation sites (tertiary alicyclic amines) is 1. The van der Waals surface area contributed by atoms with Crippen LogP contribution in [0.1, 0.15) is 32.5 Å². The molecule has 2 bridgehead atoms. The fourth-order valence-corrected chi connectivity index (χ4v) is 4.52. The molecule has 4 atom stereocenters. The van der Waals surface area contributed by atoms with Crippen LogP contribution in [0.3, 0.4) is 0 Å². The van der Waals surface area contributed by atoms with Crippen LogP contribution in [-0.2, 0) is 20.9 Å². The first-order valence-electron chi connectivity index (χ1n) is 9.30. The summed E-state index contributed by atoms with van der Waals surface area (Å²) in [5, 5.41) is 3.84. The fourth-order valence-electron chi connectivity index (χ4n) is 4.52. The van der Waals surface area contributed by atoms with Crippen molar-refractivity contribution in [1.29, 1.82) is 0 Å². The second-order valence-electron chi connectivity index (χ2n) is 9.08. The van der Waals surface area contributed by atoms with Crippen molar-refractivity contribution in [2.45, 2.75) is 45.9 Å². The van der Waals surface area contributed by atoms with Gasteiger partial charge in [-0.3, -0.25) is 9.59 Å². The number of fused-ring (bicyclic) bond motifs is 1. The summed E-state index contributed by atoms with van der Waals surface area (Å²) in [6.45, 7) is 9.40. The predicted molar refractivity (Wildman–Crippen MR) is 95.3 cm³/mol. The number of ether oxygens (including phenoxy) is 1. The van der Waals surface area contributed by atoms with Gasteiger partial charge in [-0.1, -0.05) is 38.1 Å². The molecule has 2 amide bonds. The Kier molecular flexibility index (Phi) is 3.96. The first-order chi connectivity index (χ1) is 12.6. The van der Waals surface area contributed by atoms with E-state index in [9.17, 15) is 9.59 Å². The molecule has 4 heterocycles. The summed E-state index contributed by atoms with van der Waals surface area (Å²) >= 11 is 0. The van der Waals surface area contributed by atoms with Crippen molar-refractivity contribution < 1.29 is 18.8 Å². The molecule has 0 radical (unpaired) electrons. The standard InChI is InChI=1S/C19H26N4O4/c1-11-20-13(21-27-11)8-22(5)16(24)14-12-6-7-19(26-12)10-23(9-18(2,3)4)17(25)15(14)19/h6-7,12,14-15H,8-10H2,1-5H3/t12-,14+,15-,19-/m0/s1. The van der Waals surface area contributed by atoms with E-state index in [0.29, 0.717) is 24.8 Å². The zero-order valence-electron chi connectivity index (χ0n) is 16.4. The molecule has 0 saturated carbocycles. The molecule has 2 saturated heterocycles. The van der Waals surface area contributed by atoms with Crippen LogP contribution in [-0.4, -0.2) is 63.6 Å². The Morgan fingerprint density at radius 1 is 1.44 bits per heavy atom. The minimum Gasteiger partial charge on any atom is -0.360 e. The molecule has 0 N–H and O–H groups in total. The molecule has 146 valence electrons. The third-order valence-corrected chi connectivity index (χ3v) is 5.45. The van der Waals surface area contributed by atoms with Crippen molar-refractivity contribution in [1.82, 2.24) is 19.9 Å². The Hall–Kier alpha value is -2.22. The van der Waals surface area contributed by atoms with Gasteiger partial charge in [-0.25, -0.2) is 0 Å². The van der Waals surface area contributed by atoms with Crippen LogP contribution in [0.25, 0.3) is 0 Å². The number of hydrogen-bond donors (Lipinski definition) is 0. The summed E-state index contributed by atoms with van der Waals surface area (Å²) in [7, 11) is 1.70. The zero-order chi connectivity index (χ0) is 19.6. The molecule has 3 aliphatic rings. The van der Waals surface area contributed by atoms with E-state index in [2.05, 4.69) is 30.9 Å². The minimum atomic E-state index is -0.670. The molecule has 2 fully saturated rings. The number of hydrogen-bond acceptors (Lipinski definition) is 6. The van der Waals surface area contributed by atoms with Gasteiger partial charge in [0, 0.05) is 20.5 Å². The number of carbonyl (C=O) groups is 2. The highest BCUT2D eigenvalue weighted by molar-refractivity contribution is 5.93. The van der Waals surface area contributed by atoms with Crippen LogP contribution < -0.4 is 0 Å². The number of nitrogens with zero attached hydrogens (tertiary/aromatic N) is 4. The van der Waals surface area contributed by atoms with Crippen molar-refractivity contribution in [3.8, 4) is 0 Å². The van der Waals surface area contributed by atoms with E-state index in [1.807, 2.05) is 17.1 Å². The molecule has 27 heavy (non-hydrogen) atoms. The van der Waals surface area contributed by atoms with Gasteiger partial charge in [0.15, 0.2) is 5.82 Å². The zero-order valence-corrected chi connectivity index (χ0v) is 16.4. The highest BCUT2D eigenvalue weighted by Crippen LogP contribution is 2.52. The largest absolute Gasteiger partial charge is 0.360 e. The van der Waals surface area contributed by atoms with Crippen LogP contribution in [0.2, 0.25) is 0 Å².